The van der Waals surface area contributed by atoms with Crippen LogP contribution in [-0.4, -0.2) is 26.1 Å². The molecule has 0 heterocycles. The van der Waals surface area contributed by atoms with E-state index in [-0.39, 0.29) is 18.0 Å². The predicted molar refractivity (Wildman–Crippen MR) is 119 cm³/mol. The second kappa shape index (κ2) is 12.0. The molecule has 1 amide bonds. The van der Waals surface area contributed by atoms with Crippen molar-refractivity contribution < 1.29 is 21.9 Å². The molecule has 0 bridgehead atoms. The Morgan fingerprint density at radius 2 is 1.90 bits per heavy atom. The van der Waals surface area contributed by atoms with Crippen molar-refractivity contribution in [2.24, 2.45) is 0 Å². The molecule has 0 radical (unpaired) electrons. The molecule has 30 heavy (non-hydrogen) atoms. The summed E-state index contributed by atoms with van der Waals surface area (Å²) in [5.41, 5.74) is 3.29. The lowest BCUT2D eigenvalue weighted by atomic mass is 10.1. The number of hydrogen-bond acceptors (Lipinski definition) is 5. The van der Waals surface area contributed by atoms with Crippen molar-refractivity contribution in [3.05, 3.63) is 58.8 Å². The second-order valence-corrected chi connectivity index (χ2v) is 6.72. The van der Waals surface area contributed by atoms with Crippen molar-refractivity contribution in [2.75, 3.05) is 35.7 Å². The molecule has 0 unspecified atom stereocenters. The fraction of sp³-hybridized carbons (Fsp3) is 0.273. The number of carbonyl (C=O) groups excluding carboxylic acids is 1. The van der Waals surface area contributed by atoms with Crippen molar-refractivity contribution in [2.45, 2.75) is 20.8 Å². The molecule has 0 aliphatic carbocycles. The number of hydrogen-bond donors (Lipinski definition) is 2. The zero-order valence-electron chi connectivity index (χ0n) is 17.4. The van der Waals surface area contributed by atoms with E-state index in [1.54, 1.807) is 18.2 Å². The number of ether oxygens (including phenoxy) is 1. The van der Waals surface area contributed by atoms with Gasteiger partial charge in [-0.3, -0.25) is 4.79 Å². The van der Waals surface area contributed by atoms with E-state index in [9.17, 15) is 10.1 Å². The average molecular weight is 448 g/mol. The third-order valence-electron chi connectivity index (χ3n) is 4.49. The number of amides is 1. The normalized spacial score (nSPS) is 10.5. The van der Waals surface area contributed by atoms with Gasteiger partial charge in [-0.15, -0.1) is 0 Å². The zero-order valence-corrected chi connectivity index (χ0v) is 18.9. The van der Waals surface area contributed by atoms with Crippen molar-refractivity contribution in [3.63, 3.8) is 0 Å². The monoisotopic (exact) mass is 447 g/mol. The number of nitriles is 1. The highest BCUT2D eigenvalue weighted by Crippen LogP contribution is 2.28. The number of aryl methyl sites for hydroxylation is 1. The summed E-state index contributed by atoms with van der Waals surface area (Å²) in [4.78, 5) is 14.8. The van der Waals surface area contributed by atoms with E-state index in [0.29, 0.717) is 16.5 Å². The molecule has 0 aliphatic heterocycles. The first-order valence-corrected chi connectivity index (χ1v) is 9.68. The first-order chi connectivity index (χ1) is 13.9. The molecule has 0 saturated heterocycles. The fourth-order valence-electron chi connectivity index (χ4n) is 2.86. The average Bonchev–Trinajstić information content (AvgIpc) is 2.71. The number of anilines is 3. The van der Waals surface area contributed by atoms with Crippen molar-refractivity contribution >= 4 is 34.6 Å². The van der Waals surface area contributed by atoms with Gasteiger partial charge in [-0.1, -0.05) is 11.6 Å². The number of carbonyl (C=O) groups is 1. The summed E-state index contributed by atoms with van der Waals surface area (Å²) in [6, 6.07) is 12.8. The van der Waals surface area contributed by atoms with Crippen LogP contribution in [0.15, 0.2) is 48.2 Å². The van der Waals surface area contributed by atoms with E-state index in [1.807, 2.05) is 25.1 Å². The van der Waals surface area contributed by atoms with Crippen LogP contribution in [0, 0.1) is 18.3 Å². The molecule has 0 saturated carbocycles. The van der Waals surface area contributed by atoms with Gasteiger partial charge in [0.2, 0.25) is 0 Å². The Labute approximate surface area is 188 Å². The zero-order chi connectivity index (χ0) is 21.4. The maximum Gasteiger partial charge on any atom is 0.267 e. The lowest BCUT2D eigenvalue weighted by Crippen LogP contribution is -3.00. The maximum absolute atomic E-state index is 12.5. The summed E-state index contributed by atoms with van der Waals surface area (Å²) >= 11 is 5.98. The van der Waals surface area contributed by atoms with Gasteiger partial charge in [0.05, 0.1) is 12.8 Å². The molecule has 6 nitrogen and oxygen atoms in total. The standard InChI is InChI=1S/C22H25ClN4O2.ClH/c1-5-27(6-2)18-8-9-19(15(3)11-18)25-14-16(13-24)22(28)26-20-12-17(23)7-10-21(20)29-4;/h7-12,14,25H,5-6H2,1-4H3,(H,26,28);1H/p-1/b16-14-;. The third kappa shape index (κ3) is 6.31. The number of nitrogens with one attached hydrogen (secondary N) is 2. The molecule has 2 N–H and O–H groups in total. The van der Waals surface area contributed by atoms with Crippen LogP contribution in [0.25, 0.3) is 0 Å². The van der Waals surface area contributed by atoms with Crippen molar-refractivity contribution in [3.8, 4) is 11.8 Å². The topological polar surface area (TPSA) is 77.4 Å². The minimum Gasteiger partial charge on any atom is -1.00 e. The SMILES string of the molecule is CCN(CC)c1ccc(N/C=C(/C#N)C(=O)Nc2cc(Cl)ccc2OC)c(C)c1.[Cl-]. The van der Waals surface area contributed by atoms with Crippen molar-refractivity contribution in [1.82, 2.24) is 0 Å². The van der Waals surface area contributed by atoms with Crippen LogP contribution < -0.4 is 32.7 Å². The van der Waals surface area contributed by atoms with Crippen LogP contribution in [0.2, 0.25) is 5.02 Å². The van der Waals surface area contributed by atoms with Crippen LogP contribution in [0.5, 0.6) is 5.75 Å². The highest BCUT2D eigenvalue weighted by Gasteiger charge is 2.13. The molecule has 0 fully saturated rings. The number of benzene rings is 2. The molecule has 0 spiro atoms. The molecule has 0 aliphatic rings. The lowest BCUT2D eigenvalue weighted by molar-refractivity contribution is -0.112. The van der Waals surface area contributed by atoms with Gasteiger partial charge in [-0.05, 0) is 62.7 Å². The van der Waals surface area contributed by atoms with Gasteiger partial charge in [0.15, 0.2) is 0 Å². The second-order valence-electron chi connectivity index (χ2n) is 6.28. The van der Waals surface area contributed by atoms with Gasteiger partial charge in [0.1, 0.15) is 17.4 Å². The van der Waals surface area contributed by atoms with Crippen LogP contribution in [0.1, 0.15) is 19.4 Å². The minimum absolute atomic E-state index is 0. The van der Waals surface area contributed by atoms with E-state index in [1.165, 1.54) is 13.3 Å². The summed E-state index contributed by atoms with van der Waals surface area (Å²) in [5.74, 6) is -0.103. The largest absolute Gasteiger partial charge is 1.00 e. The molecule has 2 rings (SSSR count). The van der Waals surface area contributed by atoms with Crippen LogP contribution in [0.3, 0.4) is 0 Å². The number of methoxy groups -OCH3 is 1. The van der Waals surface area contributed by atoms with Crippen molar-refractivity contribution in [1.29, 1.82) is 5.26 Å². The highest BCUT2D eigenvalue weighted by molar-refractivity contribution is 6.31. The van der Waals surface area contributed by atoms with Gasteiger partial charge >= 0.3 is 0 Å². The smallest absolute Gasteiger partial charge is 0.267 e. The first-order valence-electron chi connectivity index (χ1n) is 9.30. The molecular formula is C22H25Cl2N4O2-. The van der Waals surface area contributed by atoms with Gasteiger partial charge in [0, 0.05) is 35.7 Å². The van der Waals surface area contributed by atoms with E-state index in [2.05, 4.69) is 35.4 Å². The Morgan fingerprint density at radius 1 is 1.20 bits per heavy atom. The number of rotatable bonds is 8. The van der Waals surface area contributed by atoms with Gasteiger partial charge in [-0.25, -0.2) is 0 Å². The number of nitrogens with zero attached hydrogens (tertiary/aromatic N) is 2. The Balaban J connectivity index is 0.00000450. The first kappa shape index (κ1) is 25.2. The predicted octanol–water partition coefficient (Wildman–Crippen LogP) is 1.97. The number of halogens is 2. The summed E-state index contributed by atoms with van der Waals surface area (Å²) in [7, 11) is 1.49. The van der Waals surface area contributed by atoms with Crippen LogP contribution in [-0.2, 0) is 4.79 Å². The molecule has 2 aromatic rings. The molecular weight excluding hydrogens is 423 g/mol. The highest BCUT2D eigenvalue weighted by atomic mass is 35.5. The Bertz CT molecular complexity index is 951. The fourth-order valence-corrected chi connectivity index (χ4v) is 3.03. The van der Waals surface area contributed by atoms with Crippen LogP contribution >= 0.6 is 11.6 Å². The van der Waals surface area contributed by atoms with E-state index in [4.69, 9.17) is 16.3 Å². The summed E-state index contributed by atoms with van der Waals surface area (Å²) in [6.45, 7) is 8.05. The minimum atomic E-state index is -0.557. The lowest BCUT2D eigenvalue weighted by Gasteiger charge is -2.22. The van der Waals surface area contributed by atoms with Gasteiger partial charge in [-0.2, -0.15) is 5.26 Å². The van der Waals surface area contributed by atoms with Gasteiger partial charge < -0.3 is 32.7 Å². The maximum atomic E-state index is 12.5. The molecule has 2 aromatic carbocycles. The Hall–Kier alpha value is -2.88. The molecule has 0 atom stereocenters. The Morgan fingerprint density at radius 3 is 2.47 bits per heavy atom. The summed E-state index contributed by atoms with van der Waals surface area (Å²) < 4.78 is 5.21. The van der Waals surface area contributed by atoms with E-state index >= 15 is 0 Å². The van der Waals surface area contributed by atoms with E-state index < -0.39 is 5.91 Å². The molecule has 0 aromatic heterocycles. The van der Waals surface area contributed by atoms with E-state index in [0.717, 1.165) is 30.0 Å². The van der Waals surface area contributed by atoms with Crippen LogP contribution in [0.4, 0.5) is 17.1 Å². The third-order valence-corrected chi connectivity index (χ3v) is 4.72. The summed E-state index contributed by atoms with van der Waals surface area (Å²) in [5, 5.41) is 15.6. The quantitative estimate of drug-likeness (QED) is 0.477. The van der Waals surface area contributed by atoms with Gasteiger partial charge in [0.25, 0.3) is 5.91 Å². The molecule has 8 heteroatoms. The summed E-state index contributed by atoms with van der Waals surface area (Å²) in [6.07, 6.45) is 1.39. The Kier molecular flexibility index (Phi) is 10.0. The molecule has 160 valence electrons.